The predicted octanol–water partition coefficient (Wildman–Crippen LogP) is 9.35. The van der Waals surface area contributed by atoms with Crippen LogP contribution in [0.4, 0.5) is 0 Å². The summed E-state index contributed by atoms with van der Waals surface area (Å²) in [5.41, 5.74) is 2.67. The van der Waals surface area contributed by atoms with Crippen molar-refractivity contribution in [3.63, 3.8) is 0 Å². The summed E-state index contributed by atoms with van der Waals surface area (Å²) in [5, 5.41) is 0. The Morgan fingerprint density at radius 3 is 1.94 bits per heavy atom. The fourth-order valence-corrected chi connectivity index (χ4v) is 6.06. The van der Waals surface area contributed by atoms with Gasteiger partial charge in [-0.2, -0.15) is 0 Å². The van der Waals surface area contributed by atoms with Crippen LogP contribution in [-0.2, 0) is 6.42 Å². The molecule has 2 aliphatic carbocycles. The maximum atomic E-state index is 3.62. The van der Waals surface area contributed by atoms with Crippen LogP contribution in [0.25, 0.3) is 0 Å². The molecule has 3 rings (SSSR count). The number of benzene rings is 1. The SMILES string of the molecule is CCCCCCC1CCC(C2CCC(C#Cc3ccc(CCCCC)cc3)CC2)CC1. The number of aryl methyl sites for hydroxylation is 1. The largest absolute Gasteiger partial charge is 0.0945 e. The van der Waals surface area contributed by atoms with E-state index < -0.39 is 0 Å². The molecule has 1 aromatic rings. The number of hydrogen-bond acceptors (Lipinski definition) is 0. The fraction of sp³-hybridized carbons (Fsp3) is 0.742. The smallest absolute Gasteiger partial charge is 0.0245 e. The Morgan fingerprint density at radius 2 is 1.29 bits per heavy atom. The zero-order valence-electron chi connectivity index (χ0n) is 20.6. The maximum Gasteiger partial charge on any atom is 0.0245 e. The van der Waals surface area contributed by atoms with Crippen molar-refractivity contribution in [1.29, 1.82) is 0 Å². The molecule has 0 bridgehead atoms. The first-order valence-corrected chi connectivity index (χ1v) is 13.9. The summed E-state index contributed by atoms with van der Waals surface area (Å²) in [6, 6.07) is 9.05. The molecule has 2 fully saturated rings. The Labute approximate surface area is 194 Å². The molecule has 0 nitrogen and oxygen atoms in total. The average molecular weight is 421 g/mol. The second kappa shape index (κ2) is 14.0. The lowest BCUT2D eigenvalue weighted by Gasteiger charge is -2.37. The minimum atomic E-state index is 0.635. The van der Waals surface area contributed by atoms with Crippen LogP contribution < -0.4 is 0 Å². The topological polar surface area (TPSA) is 0 Å². The maximum absolute atomic E-state index is 3.62. The molecule has 0 saturated heterocycles. The lowest BCUT2D eigenvalue weighted by atomic mass is 9.69. The summed E-state index contributed by atoms with van der Waals surface area (Å²) in [7, 11) is 0. The van der Waals surface area contributed by atoms with Gasteiger partial charge in [-0.05, 0) is 86.8 Å². The zero-order valence-corrected chi connectivity index (χ0v) is 20.6. The van der Waals surface area contributed by atoms with Crippen molar-refractivity contribution in [2.75, 3.05) is 0 Å². The van der Waals surface area contributed by atoms with E-state index in [1.165, 1.54) is 120 Å². The number of unbranched alkanes of at least 4 members (excludes halogenated alkanes) is 5. The van der Waals surface area contributed by atoms with Gasteiger partial charge in [0.2, 0.25) is 0 Å². The molecule has 0 heteroatoms. The molecule has 0 radical (unpaired) electrons. The first-order chi connectivity index (χ1) is 15.3. The number of rotatable bonds is 10. The fourth-order valence-electron chi connectivity index (χ4n) is 6.06. The highest BCUT2D eigenvalue weighted by Crippen LogP contribution is 2.42. The highest BCUT2D eigenvalue weighted by Gasteiger charge is 2.30. The van der Waals surface area contributed by atoms with Crippen molar-refractivity contribution >= 4 is 0 Å². The van der Waals surface area contributed by atoms with E-state index in [1.54, 1.807) is 0 Å². The van der Waals surface area contributed by atoms with Crippen molar-refractivity contribution in [2.24, 2.45) is 23.7 Å². The van der Waals surface area contributed by atoms with E-state index in [1.807, 2.05) is 0 Å². The van der Waals surface area contributed by atoms with E-state index in [2.05, 4.69) is 50.0 Å². The molecule has 1 aromatic carbocycles. The third-order valence-electron chi connectivity index (χ3n) is 8.24. The van der Waals surface area contributed by atoms with Gasteiger partial charge < -0.3 is 0 Å². The van der Waals surface area contributed by atoms with Crippen LogP contribution in [0.1, 0.15) is 128 Å². The Hall–Kier alpha value is -1.22. The second-order valence-corrected chi connectivity index (χ2v) is 10.7. The van der Waals surface area contributed by atoms with Crippen LogP contribution in [0, 0.1) is 35.5 Å². The van der Waals surface area contributed by atoms with E-state index in [0.29, 0.717) is 5.92 Å². The molecule has 0 N–H and O–H groups in total. The molecule has 2 saturated carbocycles. The van der Waals surface area contributed by atoms with Crippen LogP contribution in [0.5, 0.6) is 0 Å². The van der Waals surface area contributed by atoms with Gasteiger partial charge in [0.25, 0.3) is 0 Å². The second-order valence-electron chi connectivity index (χ2n) is 10.7. The van der Waals surface area contributed by atoms with Crippen molar-refractivity contribution < 1.29 is 0 Å². The van der Waals surface area contributed by atoms with Gasteiger partial charge in [-0.1, -0.05) is 95.6 Å². The number of hydrogen-bond donors (Lipinski definition) is 0. The lowest BCUT2D eigenvalue weighted by molar-refractivity contribution is 0.153. The Kier molecular flexibility index (Phi) is 11.1. The molecular formula is C31H48. The Bertz CT molecular complexity index is 642. The molecule has 0 aromatic heterocycles. The minimum Gasteiger partial charge on any atom is -0.0945 e. The van der Waals surface area contributed by atoms with Gasteiger partial charge in [0.15, 0.2) is 0 Å². The van der Waals surface area contributed by atoms with Gasteiger partial charge in [0.05, 0.1) is 0 Å². The Balaban J connectivity index is 1.34. The van der Waals surface area contributed by atoms with Gasteiger partial charge in [-0.15, -0.1) is 0 Å². The molecule has 0 atom stereocenters. The van der Waals surface area contributed by atoms with E-state index in [4.69, 9.17) is 0 Å². The van der Waals surface area contributed by atoms with Crippen LogP contribution in [-0.4, -0.2) is 0 Å². The lowest BCUT2D eigenvalue weighted by Crippen LogP contribution is -2.25. The van der Waals surface area contributed by atoms with Crippen LogP contribution >= 0.6 is 0 Å². The molecule has 0 heterocycles. The third-order valence-corrected chi connectivity index (χ3v) is 8.24. The van der Waals surface area contributed by atoms with E-state index in [-0.39, 0.29) is 0 Å². The van der Waals surface area contributed by atoms with Gasteiger partial charge in [0.1, 0.15) is 0 Å². The van der Waals surface area contributed by atoms with Gasteiger partial charge in [0, 0.05) is 11.5 Å². The van der Waals surface area contributed by atoms with Crippen molar-refractivity contribution in [3.8, 4) is 11.8 Å². The van der Waals surface area contributed by atoms with Crippen LogP contribution in [0.3, 0.4) is 0 Å². The van der Waals surface area contributed by atoms with Crippen LogP contribution in [0.2, 0.25) is 0 Å². The molecule has 172 valence electrons. The summed E-state index contributed by atoms with van der Waals surface area (Å²) in [6.45, 7) is 4.59. The van der Waals surface area contributed by atoms with Gasteiger partial charge in [-0.3, -0.25) is 0 Å². The monoisotopic (exact) mass is 420 g/mol. The molecule has 2 aliphatic rings. The summed E-state index contributed by atoms with van der Waals surface area (Å²) in [5.74, 6) is 10.8. The highest BCUT2D eigenvalue weighted by atomic mass is 14.4. The zero-order chi connectivity index (χ0) is 21.7. The summed E-state index contributed by atoms with van der Waals surface area (Å²) in [6.07, 6.45) is 24.0. The van der Waals surface area contributed by atoms with Crippen LogP contribution in [0.15, 0.2) is 24.3 Å². The summed E-state index contributed by atoms with van der Waals surface area (Å²) < 4.78 is 0. The van der Waals surface area contributed by atoms with Crippen molar-refractivity contribution in [2.45, 2.75) is 123 Å². The first-order valence-electron chi connectivity index (χ1n) is 13.9. The standard InChI is InChI=1S/C31H48/c1-3-5-7-9-11-27-18-22-30(23-19-27)31-24-20-29(21-25-31)17-16-28-14-12-26(13-15-28)10-8-6-4-2/h12-15,27,29-31H,3-11,18-25H2,1-2H3. The summed E-state index contributed by atoms with van der Waals surface area (Å²) in [4.78, 5) is 0. The average Bonchev–Trinajstić information content (AvgIpc) is 2.82. The van der Waals surface area contributed by atoms with Crippen molar-refractivity contribution in [1.82, 2.24) is 0 Å². The van der Waals surface area contributed by atoms with E-state index in [9.17, 15) is 0 Å². The summed E-state index contributed by atoms with van der Waals surface area (Å²) >= 11 is 0. The van der Waals surface area contributed by atoms with Gasteiger partial charge >= 0.3 is 0 Å². The molecular weight excluding hydrogens is 372 g/mol. The minimum absolute atomic E-state index is 0.635. The van der Waals surface area contributed by atoms with Gasteiger partial charge in [-0.25, -0.2) is 0 Å². The van der Waals surface area contributed by atoms with E-state index in [0.717, 1.165) is 17.8 Å². The normalized spacial score (nSPS) is 26.3. The predicted molar refractivity (Wildman–Crippen MR) is 136 cm³/mol. The quantitative estimate of drug-likeness (QED) is 0.261. The third kappa shape index (κ3) is 8.67. The molecule has 0 unspecified atom stereocenters. The van der Waals surface area contributed by atoms with E-state index >= 15 is 0 Å². The first kappa shape index (κ1) is 24.4. The molecule has 0 aliphatic heterocycles. The molecule has 0 spiro atoms. The van der Waals surface area contributed by atoms with Crippen molar-refractivity contribution in [3.05, 3.63) is 35.4 Å². The molecule has 0 amide bonds. The highest BCUT2D eigenvalue weighted by molar-refractivity contribution is 5.36. The molecule has 31 heavy (non-hydrogen) atoms. The Morgan fingerprint density at radius 1 is 0.677 bits per heavy atom.